The monoisotopic (exact) mass is 419 g/mol. The highest BCUT2D eigenvalue weighted by Gasteiger charge is 2.24. The van der Waals surface area contributed by atoms with E-state index in [0.717, 1.165) is 0 Å². The molecule has 0 amide bonds. The van der Waals surface area contributed by atoms with Gasteiger partial charge in [-0.15, -0.1) is 0 Å². The molecule has 0 saturated carbocycles. The van der Waals surface area contributed by atoms with E-state index in [2.05, 4.69) is 0 Å². The van der Waals surface area contributed by atoms with Crippen LogP contribution in [-0.4, -0.2) is 5.97 Å². The van der Waals surface area contributed by atoms with Crippen LogP contribution >= 0.6 is 58.0 Å². The van der Waals surface area contributed by atoms with E-state index in [4.69, 9.17) is 68.0 Å². The van der Waals surface area contributed by atoms with Crippen LogP contribution in [0, 0.1) is 11.3 Å². The van der Waals surface area contributed by atoms with Gasteiger partial charge >= 0.3 is 5.97 Å². The van der Waals surface area contributed by atoms with E-state index in [1.165, 1.54) is 6.08 Å². The molecule has 0 unspecified atom stereocenters. The number of carbonyl (C=O) groups excluding carboxylic acids is 1. The van der Waals surface area contributed by atoms with Crippen LogP contribution in [0.15, 0.2) is 35.9 Å². The molecule has 0 bridgehead atoms. The van der Waals surface area contributed by atoms with Gasteiger partial charge < -0.3 is 4.74 Å². The summed E-state index contributed by atoms with van der Waals surface area (Å²) in [5, 5.41) is 8.53. The number of hydrogen-bond donors (Lipinski definition) is 0. The van der Waals surface area contributed by atoms with Gasteiger partial charge in [0, 0.05) is 0 Å². The lowest BCUT2D eigenvalue weighted by Gasteiger charge is -2.12. The van der Waals surface area contributed by atoms with Crippen molar-refractivity contribution in [2.45, 2.75) is 0 Å². The molecule has 0 saturated heterocycles. The topological polar surface area (TPSA) is 50.1 Å². The number of benzene rings is 2. The molecule has 0 aliphatic carbocycles. The van der Waals surface area contributed by atoms with E-state index in [1.807, 2.05) is 0 Å². The van der Waals surface area contributed by atoms with Crippen LogP contribution in [0.4, 0.5) is 0 Å². The van der Waals surface area contributed by atoms with E-state index < -0.39 is 5.97 Å². The summed E-state index contributed by atoms with van der Waals surface area (Å²) in [5.41, 5.74) is 0.394. The maximum atomic E-state index is 12.2. The van der Waals surface area contributed by atoms with Crippen molar-refractivity contribution in [1.82, 2.24) is 0 Å². The zero-order valence-corrected chi connectivity index (χ0v) is 15.4. The Kier molecular flexibility index (Phi) is 6.40. The van der Waals surface area contributed by atoms with Crippen molar-refractivity contribution in [3.05, 3.63) is 66.6 Å². The van der Waals surface area contributed by atoms with Gasteiger partial charge in [0.15, 0.2) is 5.75 Å². The number of ether oxygens (including phenoxy) is 1. The number of rotatable bonds is 3. The molecule has 0 atom stereocenters. The Morgan fingerprint density at radius 2 is 1.42 bits per heavy atom. The molecule has 3 nitrogen and oxygen atoms in total. The van der Waals surface area contributed by atoms with Gasteiger partial charge in [-0.2, -0.15) is 5.26 Å². The fourth-order valence-corrected chi connectivity index (χ4v) is 2.87. The molecular formula is C16H6Cl5NO2. The molecule has 0 spiro atoms. The van der Waals surface area contributed by atoms with Crippen LogP contribution in [0.5, 0.6) is 5.75 Å². The Morgan fingerprint density at radius 3 is 1.92 bits per heavy atom. The first kappa shape index (κ1) is 18.9. The summed E-state index contributed by atoms with van der Waals surface area (Å²) < 4.78 is 5.10. The molecule has 0 radical (unpaired) electrons. The highest BCUT2D eigenvalue weighted by Crippen LogP contribution is 2.48. The fourth-order valence-electron chi connectivity index (χ4n) is 1.67. The molecule has 0 aliphatic rings. The molecule has 0 aliphatic heterocycles. The lowest BCUT2D eigenvalue weighted by molar-refractivity contribution is -0.129. The average molecular weight is 421 g/mol. The average Bonchev–Trinajstić information content (AvgIpc) is 2.60. The maximum absolute atomic E-state index is 12.2. The van der Waals surface area contributed by atoms with Gasteiger partial charge in [0.05, 0.1) is 15.1 Å². The summed E-state index contributed by atoms with van der Waals surface area (Å²) >= 11 is 29.7. The molecule has 0 heterocycles. The van der Waals surface area contributed by atoms with Crippen molar-refractivity contribution >= 4 is 70.1 Å². The van der Waals surface area contributed by atoms with E-state index in [-0.39, 0.29) is 36.4 Å². The predicted octanol–water partition coefficient (Wildman–Crippen LogP) is 6.47. The summed E-state index contributed by atoms with van der Waals surface area (Å²) in [6, 6.07) is 10.5. The quantitative estimate of drug-likeness (QED) is 0.143. The molecule has 0 fully saturated rings. The van der Waals surface area contributed by atoms with Crippen LogP contribution in [0.2, 0.25) is 25.1 Å². The maximum Gasteiger partial charge on any atom is 0.354 e. The fraction of sp³-hybridized carbons (Fsp3) is 0. The number of carbonyl (C=O) groups is 1. The van der Waals surface area contributed by atoms with Crippen LogP contribution < -0.4 is 4.74 Å². The summed E-state index contributed by atoms with van der Waals surface area (Å²) in [7, 11) is 0. The van der Waals surface area contributed by atoms with Gasteiger partial charge in [-0.3, -0.25) is 0 Å². The third-order valence-corrected chi connectivity index (χ3v) is 5.06. The van der Waals surface area contributed by atoms with Crippen LogP contribution in [-0.2, 0) is 4.79 Å². The molecule has 24 heavy (non-hydrogen) atoms. The Bertz CT molecular complexity index is 843. The van der Waals surface area contributed by atoms with E-state index in [1.54, 1.807) is 36.4 Å². The zero-order valence-electron chi connectivity index (χ0n) is 11.6. The first-order valence-corrected chi connectivity index (χ1v) is 8.16. The minimum absolute atomic E-state index is 0.0616. The highest BCUT2D eigenvalue weighted by atomic mass is 35.5. The third-order valence-electron chi connectivity index (χ3n) is 2.82. The van der Waals surface area contributed by atoms with Crippen molar-refractivity contribution in [1.29, 1.82) is 5.26 Å². The van der Waals surface area contributed by atoms with Gasteiger partial charge in [-0.25, -0.2) is 4.79 Å². The summed E-state index contributed by atoms with van der Waals surface area (Å²) in [4.78, 5) is 12.2. The Morgan fingerprint density at radius 1 is 0.917 bits per heavy atom. The molecule has 2 aromatic carbocycles. The van der Waals surface area contributed by atoms with Gasteiger partial charge in [-0.05, 0) is 11.6 Å². The Labute approximate surface area is 162 Å². The minimum Gasteiger partial charge on any atom is -0.419 e. The molecule has 122 valence electrons. The van der Waals surface area contributed by atoms with Crippen molar-refractivity contribution in [3.8, 4) is 11.8 Å². The number of nitriles is 1. The highest BCUT2D eigenvalue weighted by molar-refractivity contribution is 6.55. The van der Waals surface area contributed by atoms with Gasteiger partial charge in [0.1, 0.15) is 21.7 Å². The standard InChI is InChI=1S/C16H6Cl5NO2/c17-10-11(18)13(20)15(14(21)12(10)19)24-16(23)9(7-22)6-8-4-2-1-3-5-8/h1-6H. The van der Waals surface area contributed by atoms with Crippen molar-refractivity contribution in [3.63, 3.8) is 0 Å². The van der Waals surface area contributed by atoms with Crippen molar-refractivity contribution in [2.24, 2.45) is 0 Å². The normalized spacial score (nSPS) is 11.1. The zero-order chi connectivity index (χ0) is 17.9. The molecule has 2 rings (SSSR count). The predicted molar refractivity (Wildman–Crippen MR) is 97.2 cm³/mol. The summed E-state index contributed by atoms with van der Waals surface area (Å²) in [6.45, 7) is 0. The summed E-state index contributed by atoms with van der Waals surface area (Å²) in [6.07, 6.45) is 1.36. The SMILES string of the molecule is N#CC(=Cc1ccccc1)C(=O)Oc1c(Cl)c(Cl)c(Cl)c(Cl)c1Cl. The second kappa shape index (κ2) is 8.11. The third kappa shape index (κ3) is 3.97. The summed E-state index contributed by atoms with van der Waals surface area (Å²) in [5.74, 6) is -1.23. The number of esters is 1. The second-order valence-electron chi connectivity index (χ2n) is 4.37. The lowest BCUT2D eigenvalue weighted by atomic mass is 10.1. The van der Waals surface area contributed by atoms with Crippen molar-refractivity contribution < 1.29 is 9.53 Å². The molecule has 0 N–H and O–H groups in total. The van der Waals surface area contributed by atoms with E-state index >= 15 is 0 Å². The molecule has 8 heteroatoms. The van der Waals surface area contributed by atoms with Crippen molar-refractivity contribution in [2.75, 3.05) is 0 Å². The number of nitrogens with zero attached hydrogens (tertiary/aromatic N) is 1. The molecule has 2 aromatic rings. The van der Waals surface area contributed by atoms with E-state index in [0.29, 0.717) is 5.56 Å². The van der Waals surface area contributed by atoms with E-state index in [9.17, 15) is 4.79 Å². The van der Waals surface area contributed by atoms with Gasteiger partial charge in [-0.1, -0.05) is 88.3 Å². The minimum atomic E-state index is -0.959. The smallest absolute Gasteiger partial charge is 0.354 e. The number of halogens is 5. The van der Waals surface area contributed by atoms with Crippen LogP contribution in [0.25, 0.3) is 6.08 Å². The van der Waals surface area contributed by atoms with Crippen LogP contribution in [0.1, 0.15) is 5.56 Å². The first-order valence-electron chi connectivity index (χ1n) is 6.27. The Balaban J connectivity index is 2.40. The van der Waals surface area contributed by atoms with Crippen LogP contribution in [0.3, 0.4) is 0 Å². The molecule has 0 aromatic heterocycles. The second-order valence-corrected chi connectivity index (χ2v) is 6.26. The largest absolute Gasteiger partial charge is 0.419 e. The van der Waals surface area contributed by atoms with Gasteiger partial charge in [0.2, 0.25) is 0 Å². The van der Waals surface area contributed by atoms with Gasteiger partial charge in [0.25, 0.3) is 0 Å². The first-order chi connectivity index (χ1) is 11.4. The number of hydrogen-bond acceptors (Lipinski definition) is 3. The Hall–Kier alpha value is -1.41. The lowest BCUT2D eigenvalue weighted by Crippen LogP contribution is -2.11. The molecular weight excluding hydrogens is 415 g/mol.